The molecule has 1 aromatic rings. The van der Waals surface area contributed by atoms with Crippen LogP contribution in [0.1, 0.15) is 49.5 Å². The van der Waals surface area contributed by atoms with Crippen LogP contribution >= 0.6 is 0 Å². The Morgan fingerprint density at radius 3 is 2.24 bits per heavy atom. The number of carboxylic acid groups (broad SMARTS) is 1. The van der Waals surface area contributed by atoms with Crippen molar-refractivity contribution >= 4 is 5.97 Å². The van der Waals surface area contributed by atoms with E-state index in [1.807, 2.05) is 12.1 Å². The summed E-state index contributed by atoms with van der Waals surface area (Å²) in [4.78, 5) is 11.1. The normalized spacial score (nSPS) is 39.4. The lowest BCUT2D eigenvalue weighted by atomic mass is 9.65. The minimum atomic E-state index is -1.48. The number of rotatable bonds is 5. The van der Waals surface area contributed by atoms with Crippen LogP contribution in [0, 0.1) is 5.41 Å². The highest BCUT2D eigenvalue weighted by atomic mass is 16.7. The van der Waals surface area contributed by atoms with Gasteiger partial charge in [-0.15, -0.1) is 0 Å². The van der Waals surface area contributed by atoms with Gasteiger partial charge in [-0.3, -0.25) is 0 Å². The van der Waals surface area contributed by atoms with Gasteiger partial charge in [0.25, 0.3) is 0 Å². The molecule has 29 heavy (non-hydrogen) atoms. The lowest BCUT2D eigenvalue weighted by Gasteiger charge is -2.40. The molecule has 1 heterocycles. The Kier molecular flexibility index (Phi) is 6.06. The quantitative estimate of drug-likeness (QED) is 0.477. The molecule has 1 aromatic carbocycles. The van der Waals surface area contributed by atoms with Crippen LogP contribution in [0.3, 0.4) is 0 Å². The summed E-state index contributed by atoms with van der Waals surface area (Å²) in [5.74, 6) is -0.976. The molecular formula is C21H30O8. The van der Waals surface area contributed by atoms with Gasteiger partial charge in [0.05, 0.1) is 18.3 Å². The Labute approximate surface area is 169 Å². The van der Waals surface area contributed by atoms with Gasteiger partial charge >= 0.3 is 5.97 Å². The number of benzene rings is 1. The van der Waals surface area contributed by atoms with Crippen LogP contribution in [0.25, 0.3) is 0 Å². The SMILES string of the molecule is CC1(C)CC(OC2OC(CO)C(O)C(O)C2O)CC1(C)c1ccc(C(=O)O)cc1. The maximum atomic E-state index is 11.1. The third kappa shape index (κ3) is 3.93. The van der Waals surface area contributed by atoms with Gasteiger partial charge < -0.3 is 35.0 Å². The molecule has 1 aliphatic heterocycles. The van der Waals surface area contributed by atoms with Crippen molar-refractivity contribution in [1.29, 1.82) is 0 Å². The Morgan fingerprint density at radius 2 is 1.69 bits per heavy atom. The van der Waals surface area contributed by atoms with E-state index in [0.29, 0.717) is 12.8 Å². The number of aromatic carboxylic acids is 1. The van der Waals surface area contributed by atoms with Crippen molar-refractivity contribution in [3.05, 3.63) is 35.4 Å². The minimum absolute atomic E-state index is 0.198. The molecule has 0 radical (unpaired) electrons. The first-order valence-electron chi connectivity index (χ1n) is 9.80. The fourth-order valence-corrected chi connectivity index (χ4v) is 4.55. The van der Waals surface area contributed by atoms with Gasteiger partial charge in [0.15, 0.2) is 6.29 Å². The Bertz CT molecular complexity index is 731. The summed E-state index contributed by atoms with van der Waals surface area (Å²) in [6.07, 6.45) is -5.55. The molecule has 8 heteroatoms. The van der Waals surface area contributed by atoms with Gasteiger partial charge in [-0.1, -0.05) is 32.9 Å². The fourth-order valence-electron chi connectivity index (χ4n) is 4.55. The van der Waals surface area contributed by atoms with Crippen LogP contribution in [-0.2, 0) is 14.9 Å². The first-order chi connectivity index (χ1) is 13.5. The molecule has 162 valence electrons. The van der Waals surface area contributed by atoms with E-state index in [4.69, 9.17) is 14.6 Å². The van der Waals surface area contributed by atoms with E-state index in [1.54, 1.807) is 12.1 Å². The molecule has 7 unspecified atom stereocenters. The lowest BCUT2D eigenvalue weighted by Crippen LogP contribution is -2.59. The lowest BCUT2D eigenvalue weighted by molar-refractivity contribution is -0.311. The van der Waals surface area contributed by atoms with E-state index in [9.17, 15) is 25.2 Å². The largest absolute Gasteiger partial charge is 0.478 e. The maximum Gasteiger partial charge on any atom is 0.335 e. The average molecular weight is 410 g/mol. The highest BCUT2D eigenvalue weighted by Crippen LogP contribution is 2.55. The summed E-state index contributed by atoms with van der Waals surface area (Å²) in [7, 11) is 0. The van der Waals surface area contributed by atoms with E-state index in [0.717, 1.165) is 5.56 Å². The molecule has 0 spiro atoms. The topological polar surface area (TPSA) is 137 Å². The van der Waals surface area contributed by atoms with Gasteiger partial charge in [-0.25, -0.2) is 4.79 Å². The number of aliphatic hydroxyl groups is 4. The number of hydrogen-bond acceptors (Lipinski definition) is 7. The molecule has 0 aromatic heterocycles. The third-order valence-corrected chi connectivity index (χ3v) is 6.81. The number of hydrogen-bond donors (Lipinski definition) is 5. The van der Waals surface area contributed by atoms with Crippen LogP contribution in [0.4, 0.5) is 0 Å². The van der Waals surface area contributed by atoms with Crippen molar-refractivity contribution in [3.8, 4) is 0 Å². The van der Waals surface area contributed by atoms with Crippen LogP contribution < -0.4 is 0 Å². The zero-order chi connectivity index (χ0) is 21.6. The zero-order valence-corrected chi connectivity index (χ0v) is 16.9. The first-order valence-corrected chi connectivity index (χ1v) is 9.80. The van der Waals surface area contributed by atoms with Crippen molar-refractivity contribution in [2.24, 2.45) is 5.41 Å². The van der Waals surface area contributed by atoms with E-state index >= 15 is 0 Å². The highest BCUT2D eigenvalue weighted by molar-refractivity contribution is 5.87. The molecule has 0 amide bonds. The van der Waals surface area contributed by atoms with Crippen molar-refractivity contribution < 1.29 is 39.8 Å². The highest BCUT2D eigenvalue weighted by Gasteiger charge is 2.53. The van der Waals surface area contributed by atoms with Gasteiger partial charge in [-0.2, -0.15) is 0 Å². The number of ether oxygens (including phenoxy) is 2. The fraction of sp³-hybridized carbons (Fsp3) is 0.667. The van der Waals surface area contributed by atoms with Crippen molar-refractivity contribution in [3.63, 3.8) is 0 Å². The standard InChI is InChI=1S/C21H30O8/c1-20(2)8-13(28-19-17(25)16(24)15(23)14(10-22)29-19)9-21(20,3)12-6-4-11(5-7-12)18(26)27/h4-7,13-17,19,22-25H,8-10H2,1-3H3,(H,26,27). The van der Waals surface area contributed by atoms with E-state index in [1.165, 1.54) is 0 Å². The molecular weight excluding hydrogens is 380 g/mol. The molecule has 5 N–H and O–H groups in total. The summed E-state index contributed by atoms with van der Waals surface area (Å²) in [6, 6.07) is 6.82. The van der Waals surface area contributed by atoms with Crippen LogP contribution in [0.5, 0.6) is 0 Å². The Morgan fingerprint density at radius 1 is 1.07 bits per heavy atom. The molecule has 1 saturated carbocycles. The predicted octanol–water partition coefficient (Wildman–Crippen LogP) is 0.648. The third-order valence-electron chi connectivity index (χ3n) is 6.81. The van der Waals surface area contributed by atoms with E-state index < -0.39 is 43.3 Å². The molecule has 7 atom stereocenters. The molecule has 8 nitrogen and oxygen atoms in total. The van der Waals surface area contributed by atoms with Crippen LogP contribution in [0.15, 0.2) is 24.3 Å². The Hall–Kier alpha value is -1.55. The monoisotopic (exact) mass is 410 g/mol. The van der Waals surface area contributed by atoms with Crippen molar-refractivity contribution in [2.45, 2.75) is 75.8 Å². The average Bonchev–Trinajstić information content (AvgIpc) is 2.91. The number of carbonyl (C=O) groups is 1. The minimum Gasteiger partial charge on any atom is -0.478 e. The van der Waals surface area contributed by atoms with Gasteiger partial charge in [-0.05, 0) is 36.0 Å². The molecule has 2 aliphatic rings. The second-order valence-corrected chi connectivity index (χ2v) is 8.96. The summed E-state index contributed by atoms with van der Waals surface area (Å²) in [5.41, 5.74) is 0.703. The second-order valence-electron chi connectivity index (χ2n) is 8.96. The van der Waals surface area contributed by atoms with Gasteiger partial charge in [0.1, 0.15) is 24.4 Å². The molecule has 0 bridgehead atoms. The first kappa shape index (κ1) is 22.1. The van der Waals surface area contributed by atoms with Crippen LogP contribution in [-0.4, -0.2) is 74.9 Å². The van der Waals surface area contributed by atoms with E-state index in [2.05, 4.69) is 20.8 Å². The van der Waals surface area contributed by atoms with Gasteiger partial charge in [0.2, 0.25) is 0 Å². The van der Waals surface area contributed by atoms with Gasteiger partial charge in [0, 0.05) is 5.41 Å². The van der Waals surface area contributed by atoms with E-state index in [-0.39, 0.29) is 22.5 Å². The van der Waals surface area contributed by atoms with Crippen LogP contribution in [0.2, 0.25) is 0 Å². The number of aliphatic hydroxyl groups excluding tert-OH is 4. The summed E-state index contributed by atoms with van der Waals surface area (Å²) in [6.45, 7) is 5.80. The Balaban J connectivity index is 1.77. The molecule has 1 aliphatic carbocycles. The maximum absolute atomic E-state index is 11.1. The smallest absolute Gasteiger partial charge is 0.335 e. The number of carboxylic acids is 1. The predicted molar refractivity (Wildman–Crippen MR) is 102 cm³/mol. The summed E-state index contributed by atoms with van der Waals surface area (Å²) >= 11 is 0. The second kappa shape index (κ2) is 7.94. The van der Waals surface area contributed by atoms with Crippen molar-refractivity contribution in [2.75, 3.05) is 6.61 Å². The molecule has 3 rings (SSSR count). The summed E-state index contributed by atoms with van der Waals surface area (Å²) in [5, 5.41) is 48.6. The van der Waals surface area contributed by atoms with Crippen molar-refractivity contribution in [1.82, 2.24) is 0 Å². The zero-order valence-electron chi connectivity index (χ0n) is 16.9. The molecule has 2 fully saturated rings. The summed E-state index contributed by atoms with van der Waals surface area (Å²) < 4.78 is 11.5. The molecule has 1 saturated heterocycles.